The second-order valence-corrected chi connectivity index (χ2v) is 6.92. The molecule has 3 rings (SSSR count). The van der Waals surface area contributed by atoms with Gasteiger partial charge in [0, 0.05) is 19.4 Å². The first-order valence-electron chi connectivity index (χ1n) is 8.71. The van der Waals surface area contributed by atoms with Gasteiger partial charge in [0.2, 0.25) is 11.8 Å². The monoisotopic (exact) mass is 383 g/mol. The van der Waals surface area contributed by atoms with E-state index in [0.717, 1.165) is 0 Å². The first kappa shape index (κ1) is 19.2. The SMILES string of the molecule is CC12CCC(=O)N1c1ccccc1C(=O)N2CCCC(=O)NCC(F)(F)F. The molecule has 1 N–H and O–H groups in total. The summed E-state index contributed by atoms with van der Waals surface area (Å²) in [6.45, 7) is 0.601. The van der Waals surface area contributed by atoms with Gasteiger partial charge in [0.1, 0.15) is 12.2 Å². The van der Waals surface area contributed by atoms with E-state index in [1.165, 1.54) is 0 Å². The molecule has 0 radical (unpaired) electrons. The lowest BCUT2D eigenvalue weighted by molar-refractivity contribution is -0.138. The lowest BCUT2D eigenvalue weighted by Crippen LogP contribution is -2.62. The fourth-order valence-electron chi connectivity index (χ4n) is 3.73. The Kier molecular flexibility index (Phi) is 4.88. The van der Waals surface area contributed by atoms with Gasteiger partial charge >= 0.3 is 6.18 Å². The molecule has 0 aromatic heterocycles. The summed E-state index contributed by atoms with van der Waals surface area (Å²) >= 11 is 0. The number of amides is 3. The van der Waals surface area contributed by atoms with Crippen molar-refractivity contribution >= 4 is 23.4 Å². The number of alkyl halides is 3. The van der Waals surface area contributed by atoms with E-state index in [9.17, 15) is 27.6 Å². The Morgan fingerprint density at radius 2 is 1.96 bits per heavy atom. The van der Waals surface area contributed by atoms with Crippen molar-refractivity contribution in [3.8, 4) is 0 Å². The van der Waals surface area contributed by atoms with Gasteiger partial charge in [-0.3, -0.25) is 19.3 Å². The predicted molar refractivity (Wildman–Crippen MR) is 90.9 cm³/mol. The smallest absolute Gasteiger partial charge is 0.347 e. The topological polar surface area (TPSA) is 69.7 Å². The second kappa shape index (κ2) is 6.86. The molecule has 0 saturated carbocycles. The summed E-state index contributed by atoms with van der Waals surface area (Å²) in [6, 6.07) is 6.85. The summed E-state index contributed by atoms with van der Waals surface area (Å²) in [4.78, 5) is 40.1. The van der Waals surface area contributed by atoms with Gasteiger partial charge in [-0.15, -0.1) is 0 Å². The lowest BCUT2D eigenvalue weighted by atomic mass is 9.98. The van der Waals surface area contributed by atoms with Crippen molar-refractivity contribution in [1.29, 1.82) is 0 Å². The molecule has 1 fully saturated rings. The van der Waals surface area contributed by atoms with Gasteiger partial charge in [0.15, 0.2) is 0 Å². The number of halogens is 3. The quantitative estimate of drug-likeness (QED) is 0.849. The Hall–Kier alpha value is -2.58. The van der Waals surface area contributed by atoms with Gasteiger partial charge in [0.05, 0.1) is 11.3 Å². The van der Waals surface area contributed by atoms with E-state index in [1.807, 2.05) is 5.32 Å². The van der Waals surface area contributed by atoms with Gasteiger partial charge in [-0.2, -0.15) is 13.2 Å². The summed E-state index contributed by atoms with van der Waals surface area (Å²) in [7, 11) is 0. The maximum absolute atomic E-state index is 12.9. The van der Waals surface area contributed by atoms with E-state index in [-0.39, 0.29) is 31.2 Å². The van der Waals surface area contributed by atoms with Crippen LogP contribution in [0.15, 0.2) is 24.3 Å². The zero-order valence-corrected chi connectivity index (χ0v) is 14.8. The molecule has 9 heteroatoms. The van der Waals surface area contributed by atoms with Crippen molar-refractivity contribution in [2.75, 3.05) is 18.0 Å². The van der Waals surface area contributed by atoms with Crippen LogP contribution in [0.4, 0.5) is 18.9 Å². The van der Waals surface area contributed by atoms with Crippen LogP contribution in [0.2, 0.25) is 0 Å². The first-order valence-corrected chi connectivity index (χ1v) is 8.71. The maximum Gasteiger partial charge on any atom is 0.405 e. The standard InChI is InChI=1S/C18H20F3N3O3/c1-17-9-8-15(26)24(17)13-6-3-2-5-12(13)16(27)23(17)10-4-7-14(25)22-11-18(19,20)21/h2-3,5-6H,4,7-11H2,1H3,(H,22,25). The Balaban J connectivity index is 1.71. The highest BCUT2D eigenvalue weighted by atomic mass is 19.4. The van der Waals surface area contributed by atoms with Gasteiger partial charge in [-0.1, -0.05) is 12.1 Å². The minimum Gasteiger partial charge on any atom is -0.347 e. The number of nitrogens with zero attached hydrogens (tertiary/aromatic N) is 2. The van der Waals surface area contributed by atoms with Crippen LogP contribution in [-0.2, 0) is 9.59 Å². The number of nitrogens with one attached hydrogen (secondary N) is 1. The van der Waals surface area contributed by atoms with Crippen LogP contribution in [-0.4, -0.2) is 47.6 Å². The molecule has 1 atom stereocenters. The van der Waals surface area contributed by atoms with Gasteiger partial charge in [-0.25, -0.2) is 0 Å². The number of carbonyl (C=O) groups is 3. The van der Waals surface area contributed by atoms with E-state index in [1.54, 1.807) is 41.0 Å². The van der Waals surface area contributed by atoms with Crippen molar-refractivity contribution in [1.82, 2.24) is 10.2 Å². The number of hydrogen-bond donors (Lipinski definition) is 1. The third-order valence-electron chi connectivity index (χ3n) is 5.02. The molecular weight excluding hydrogens is 363 g/mol. The third kappa shape index (κ3) is 3.63. The normalized spacial score (nSPS) is 21.9. The maximum atomic E-state index is 12.9. The van der Waals surface area contributed by atoms with E-state index in [4.69, 9.17) is 0 Å². The predicted octanol–water partition coefficient (Wildman–Crippen LogP) is 2.44. The molecular formula is C18H20F3N3O3. The van der Waals surface area contributed by atoms with Crippen LogP contribution in [0.1, 0.15) is 43.0 Å². The van der Waals surface area contributed by atoms with Gasteiger partial charge < -0.3 is 10.2 Å². The van der Waals surface area contributed by atoms with Crippen molar-refractivity contribution in [3.63, 3.8) is 0 Å². The van der Waals surface area contributed by atoms with Crippen molar-refractivity contribution in [3.05, 3.63) is 29.8 Å². The van der Waals surface area contributed by atoms with Crippen LogP contribution in [0.25, 0.3) is 0 Å². The average Bonchev–Trinajstić information content (AvgIpc) is 2.91. The molecule has 27 heavy (non-hydrogen) atoms. The third-order valence-corrected chi connectivity index (χ3v) is 5.02. The molecule has 3 amide bonds. The Bertz CT molecular complexity index is 781. The minimum atomic E-state index is -4.46. The summed E-state index contributed by atoms with van der Waals surface area (Å²) < 4.78 is 36.5. The highest BCUT2D eigenvalue weighted by Crippen LogP contribution is 2.43. The molecule has 1 unspecified atom stereocenters. The Labute approximate surface area is 154 Å². The second-order valence-electron chi connectivity index (χ2n) is 6.92. The molecule has 1 aromatic rings. The molecule has 146 valence electrons. The zero-order valence-electron chi connectivity index (χ0n) is 14.8. The summed E-state index contributed by atoms with van der Waals surface area (Å²) in [5.41, 5.74) is 0.156. The van der Waals surface area contributed by atoms with E-state index >= 15 is 0 Å². The molecule has 0 aliphatic carbocycles. The molecule has 6 nitrogen and oxygen atoms in total. The van der Waals surface area contributed by atoms with Crippen LogP contribution < -0.4 is 10.2 Å². The lowest BCUT2D eigenvalue weighted by Gasteiger charge is -2.48. The van der Waals surface area contributed by atoms with Crippen molar-refractivity contribution in [2.24, 2.45) is 0 Å². The largest absolute Gasteiger partial charge is 0.405 e. The fourth-order valence-corrected chi connectivity index (χ4v) is 3.73. The van der Waals surface area contributed by atoms with E-state index in [0.29, 0.717) is 24.1 Å². The van der Waals surface area contributed by atoms with Crippen LogP contribution in [0.5, 0.6) is 0 Å². The zero-order chi connectivity index (χ0) is 19.8. The summed E-state index contributed by atoms with van der Waals surface area (Å²) in [6.07, 6.45) is -3.62. The van der Waals surface area contributed by atoms with Crippen molar-refractivity contribution < 1.29 is 27.6 Å². The molecule has 1 saturated heterocycles. The first-order chi connectivity index (χ1) is 12.6. The number of hydrogen-bond acceptors (Lipinski definition) is 3. The van der Waals surface area contributed by atoms with Crippen LogP contribution in [0.3, 0.4) is 0 Å². The minimum absolute atomic E-state index is 0.0784. The van der Waals surface area contributed by atoms with Crippen LogP contribution in [0, 0.1) is 0 Å². The number of rotatable bonds is 5. The molecule has 2 aliphatic rings. The number of benzene rings is 1. The molecule has 2 aliphatic heterocycles. The van der Waals surface area contributed by atoms with Crippen LogP contribution >= 0.6 is 0 Å². The van der Waals surface area contributed by atoms with Gasteiger partial charge in [-0.05, 0) is 31.9 Å². The molecule has 0 spiro atoms. The molecule has 0 bridgehead atoms. The number of carbonyl (C=O) groups excluding carboxylic acids is 3. The van der Waals surface area contributed by atoms with E-state index in [2.05, 4.69) is 0 Å². The Morgan fingerprint density at radius 1 is 1.26 bits per heavy atom. The number of anilines is 1. The molecule has 2 heterocycles. The highest BCUT2D eigenvalue weighted by molar-refractivity contribution is 6.10. The molecule has 1 aromatic carbocycles. The Morgan fingerprint density at radius 3 is 2.67 bits per heavy atom. The van der Waals surface area contributed by atoms with Gasteiger partial charge in [0.25, 0.3) is 5.91 Å². The summed E-state index contributed by atoms with van der Waals surface area (Å²) in [5.74, 6) is -1.04. The summed E-state index contributed by atoms with van der Waals surface area (Å²) in [5, 5.41) is 1.82. The van der Waals surface area contributed by atoms with Crippen molar-refractivity contribution in [2.45, 2.75) is 44.4 Å². The van der Waals surface area contributed by atoms with E-state index < -0.39 is 24.3 Å². The fraction of sp³-hybridized carbons (Fsp3) is 0.500. The highest BCUT2D eigenvalue weighted by Gasteiger charge is 2.52. The average molecular weight is 383 g/mol. The number of fused-ring (bicyclic) bond motifs is 3. The number of para-hydroxylation sites is 1.